The summed E-state index contributed by atoms with van der Waals surface area (Å²) >= 11 is 1.70. The molecule has 1 heterocycles. The molecule has 1 atom stereocenters. The van der Waals surface area contributed by atoms with Crippen LogP contribution in [0.3, 0.4) is 0 Å². The normalized spacial score (nSPS) is 12.8. The van der Waals surface area contributed by atoms with Gasteiger partial charge in [0.1, 0.15) is 0 Å². The zero-order chi connectivity index (χ0) is 12.3. The summed E-state index contributed by atoms with van der Waals surface area (Å²) in [7, 11) is 0. The highest BCUT2D eigenvalue weighted by Crippen LogP contribution is 2.35. The minimum absolute atomic E-state index is 0.205. The third-order valence-electron chi connectivity index (χ3n) is 2.61. The second kappa shape index (κ2) is 5.38. The molecule has 1 unspecified atom stereocenters. The summed E-state index contributed by atoms with van der Waals surface area (Å²) in [5.41, 5.74) is 7.65. The van der Waals surface area contributed by atoms with Crippen LogP contribution in [0.25, 0.3) is 10.9 Å². The Morgan fingerprint density at radius 3 is 2.94 bits per heavy atom. The predicted octanol–water partition coefficient (Wildman–Crippen LogP) is 2.68. The lowest BCUT2D eigenvalue weighted by atomic mass is 10.2. The van der Waals surface area contributed by atoms with Crippen LogP contribution >= 0.6 is 11.8 Å². The molecule has 0 aliphatic heterocycles. The summed E-state index contributed by atoms with van der Waals surface area (Å²) in [4.78, 5) is 5.37. The van der Waals surface area contributed by atoms with Crippen LogP contribution in [0.2, 0.25) is 0 Å². The lowest BCUT2D eigenvalue weighted by Crippen LogP contribution is -2.01. The number of benzene rings is 1. The molecule has 3 N–H and O–H groups in total. The van der Waals surface area contributed by atoms with Crippen molar-refractivity contribution in [1.82, 2.24) is 4.98 Å². The molecule has 3 nitrogen and oxygen atoms in total. The van der Waals surface area contributed by atoms with E-state index in [-0.39, 0.29) is 6.61 Å². The van der Waals surface area contributed by atoms with Crippen molar-refractivity contribution >= 4 is 28.4 Å². The van der Waals surface area contributed by atoms with Crippen LogP contribution in [-0.2, 0) is 0 Å². The molecule has 0 spiro atoms. The number of pyridine rings is 1. The van der Waals surface area contributed by atoms with Gasteiger partial charge in [-0.2, -0.15) is 0 Å². The van der Waals surface area contributed by atoms with Crippen molar-refractivity contribution in [1.29, 1.82) is 0 Å². The second-order valence-electron chi connectivity index (χ2n) is 4.00. The number of fused-ring (bicyclic) bond motifs is 1. The standard InChI is InChI=1S/C13H16N2OS/c1-9(6-7-16)17-13-10-4-2-3-5-12(10)15-8-11(13)14/h2-5,8-9,16H,6-7,14H2,1H3. The van der Waals surface area contributed by atoms with Gasteiger partial charge in [0.15, 0.2) is 0 Å². The number of rotatable bonds is 4. The maximum absolute atomic E-state index is 8.94. The van der Waals surface area contributed by atoms with Gasteiger partial charge in [-0.05, 0) is 12.5 Å². The van der Waals surface area contributed by atoms with Crippen LogP contribution in [0.5, 0.6) is 0 Å². The lowest BCUT2D eigenvalue weighted by molar-refractivity contribution is 0.289. The number of thioether (sulfide) groups is 1. The fourth-order valence-corrected chi connectivity index (χ4v) is 2.82. The van der Waals surface area contributed by atoms with Gasteiger partial charge in [0, 0.05) is 22.1 Å². The van der Waals surface area contributed by atoms with E-state index in [0.717, 1.165) is 22.2 Å². The number of hydrogen-bond donors (Lipinski definition) is 2. The van der Waals surface area contributed by atoms with Gasteiger partial charge >= 0.3 is 0 Å². The number of aliphatic hydroxyl groups is 1. The Balaban J connectivity index is 2.40. The molecule has 0 aliphatic rings. The number of anilines is 1. The number of nitrogens with zero attached hydrogens (tertiary/aromatic N) is 1. The molecule has 0 saturated heterocycles. The second-order valence-corrected chi connectivity index (χ2v) is 5.45. The van der Waals surface area contributed by atoms with Crippen molar-refractivity contribution in [3.05, 3.63) is 30.5 Å². The minimum Gasteiger partial charge on any atom is -0.397 e. The number of para-hydroxylation sites is 1. The van der Waals surface area contributed by atoms with E-state index in [2.05, 4.69) is 11.9 Å². The Kier molecular flexibility index (Phi) is 3.86. The van der Waals surface area contributed by atoms with Crippen molar-refractivity contribution in [2.75, 3.05) is 12.3 Å². The van der Waals surface area contributed by atoms with Gasteiger partial charge < -0.3 is 10.8 Å². The number of aromatic nitrogens is 1. The van der Waals surface area contributed by atoms with Gasteiger partial charge in [0.05, 0.1) is 17.4 Å². The molecule has 0 amide bonds. The first-order valence-corrected chi connectivity index (χ1v) is 6.51. The van der Waals surface area contributed by atoms with E-state index in [1.165, 1.54) is 0 Å². The molecule has 2 rings (SSSR count). The van der Waals surface area contributed by atoms with Gasteiger partial charge in [-0.1, -0.05) is 25.1 Å². The molecule has 0 saturated carbocycles. The highest BCUT2D eigenvalue weighted by atomic mass is 32.2. The van der Waals surface area contributed by atoms with Crippen molar-refractivity contribution in [2.45, 2.75) is 23.5 Å². The molecule has 0 aliphatic carbocycles. The first-order chi connectivity index (χ1) is 8.22. The molecule has 90 valence electrons. The van der Waals surface area contributed by atoms with E-state index in [4.69, 9.17) is 10.8 Å². The van der Waals surface area contributed by atoms with E-state index in [9.17, 15) is 0 Å². The first kappa shape index (κ1) is 12.2. The monoisotopic (exact) mass is 248 g/mol. The zero-order valence-electron chi connectivity index (χ0n) is 9.76. The average Bonchev–Trinajstić information content (AvgIpc) is 2.33. The smallest absolute Gasteiger partial charge is 0.0714 e. The molecule has 1 aromatic carbocycles. The van der Waals surface area contributed by atoms with Crippen LogP contribution in [0, 0.1) is 0 Å². The Morgan fingerprint density at radius 2 is 2.18 bits per heavy atom. The van der Waals surface area contributed by atoms with E-state index >= 15 is 0 Å². The maximum Gasteiger partial charge on any atom is 0.0714 e. The van der Waals surface area contributed by atoms with E-state index in [1.807, 2.05) is 24.3 Å². The van der Waals surface area contributed by atoms with Crippen molar-refractivity contribution in [2.24, 2.45) is 0 Å². The number of aliphatic hydroxyl groups excluding tert-OH is 1. The summed E-state index contributed by atoms with van der Waals surface area (Å²) in [5, 5.41) is 10.4. The summed E-state index contributed by atoms with van der Waals surface area (Å²) in [5.74, 6) is 0. The van der Waals surface area contributed by atoms with Gasteiger partial charge in [-0.25, -0.2) is 0 Å². The molecule has 4 heteroatoms. The van der Waals surface area contributed by atoms with Gasteiger partial charge in [0.2, 0.25) is 0 Å². The Bertz CT molecular complexity index is 516. The highest BCUT2D eigenvalue weighted by Gasteiger charge is 2.11. The molecule has 0 bridgehead atoms. The molecule has 0 radical (unpaired) electrons. The average molecular weight is 248 g/mol. The molecule has 2 aromatic rings. The molecular formula is C13H16N2OS. The van der Waals surface area contributed by atoms with E-state index in [1.54, 1.807) is 18.0 Å². The SMILES string of the molecule is CC(CCO)Sc1c(N)cnc2ccccc12. The van der Waals surface area contributed by atoms with Crippen molar-refractivity contribution in [3.63, 3.8) is 0 Å². The molecular weight excluding hydrogens is 232 g/mol. The van der Waals surface area contributed by atoms with Gasteiger partial charge in [0.25, 0.3) is 0 Å². The number of nitrogen functional groups attached to an aromatic ring is 1. The fraction of sp³-hybridized carbons (Fsp3) is 0.308. The van der Waals surface area contributed by atoms with Crippen molar-refractivity contribution in [3.8, 4) is 0 Å². The van der Waals surface area contributed by atoms with Crippen LogP contribution in [-0.4, -0.2) is 21.9 Å². The summed E-state index contributed by atoms with van der Waals surface area (Å²) < 4.78 is 0. The fourth-order valence-electron chi connectivity index (χ4n) is 1.70. The lowest BCUT2D eigenvalue weighted by Gasteiger charge is -2.13. The van der Waals surface area contributed by atoms with Crippen molar-refractivity contribution < 1.29 is 5.11 Å². The summed E-state index contributed by atoms with van der Waals surface area (Å²) in [6.45, 7) is 2.30. The van der Waals surface area contributed by atoms with Crippen LogP contribution < -0.4 is 5.73 Å². The van der Waals surface area contributed by atoms with Gasteiger partial charge in [-0.3, -0.25) is 4.98 Å². The number of nitrogens with two attached hydrogens (primary N) is 1. The van der Waals surface area contributed by atoms with E-state index in [0.29, 0.717) is 10.9 Å². The predicted molar refractivity (Wildman–Crippen MR) is 73.2 cm³/mol. The summed E-state index contributed by atoms with van der Waals surface area (Å²) in [6.07, 6.45) is 2.47. The van der Waals surface area contributed by atoms with Crippen LogP contribution in [0.1, 0.15) is 13.3 Å². The third-order valence-corrected chi connectivity index (χ3v) is 3.94. The van der Waals surface area contributed by atoms with Gasteiger partial charge in [-0.15, -0.1) is 11.8 Å². The van der Waals surface area contributed by atoms with E-state index < -0.39 is 0 Å². The molecule has 1 aromatic heterocycles. The highest BCUT2D eigenvalue weighted by molar-refractivity contribution is 8.00. The largest absolute Gasteiger partial charge is 0.397 e. The topological polar surface area (TPSA) is 59.1 Å². The van der Waals surface area contributed by atoms with Crippen LogP contribution in [0.4, 0.5) is 5.69 Å². The van der Waals surface area contributed by atoms with Crippen LogP contribution in [0.15, 0.2) is 35.4 Å². The third kappa shape index (κ3) is 2.70. The molecule has 17 heavy (non-hydrogen) atoms. The Hall–Kier alpha value is -1.26. The number of hydrogen-bond acceptors (Lipinski definition) is 4. The Labute approximate surface area is 105 Å². The maximum atomic E-state index is 8.94. The Morgan fingerprint density at radius 1 is 1.41 bits per heavy atom. The zero-order valence-corrected chi connectivity index (χ0v) is 10.6. The minimum atomic E-state index is 0.205. The quantitative estimate of drug-likeness (QED) is 0.817. The molecule has 0 fully saturated rings. The first-order valence-electron chi connectivity index (χ1n) is 5.63. The summed E-state index contributed by atoms with van der Waals surface area (Å²) in [6, 6.07) is 7.98.